The number of carbonyl (C=O) groups is 1. The number of hydrogen-bond donors (Lipinski definition) is 2. The van der Waals surface area contributed by atoms with E-state index in [-0.39, 0.29) is 11.4 Å². The average molecular weight is 247 g/mol. The van der Waals surface area contributed by atoms with Crippen LogP contribution in [-0.2, 0) is 6.42 Å². The van der Waals surface area contributed by atoms with E-state index in [2.05, 4.69) is 22.5 Å². The molecule has 98 valence electrons. The number of aromatic nitrogens is 1. The molecule has 1 aliphatic rings. The molecule has 0 radical (unpaired) electrons. The summed E-state index contributed by atoms with van der Waals surface area (Å²) < 4.78 is 0. The number of amides is 1. The summed E-state index contributed by atoms with van der Waals surface area (Å²) in [6.07, 6.45) is 2.98. The fraction of sp³-hybridized carbons (Fsp3) is 0.571. The number of carbonyl (C=O) groups excluding carboxylic acids is 1. The Morgan fingerprint density at radius 2 is 2.11 bits per heavy atom. The minimum absolute atomic E-state index is 0.00579. The topological polar surface area (TPSA) is 54.0 Å². The van der Waals surface area contributed by atoms with Gasteiger partial charge in [0.25, 0.3) is 5.91 Å². The number of pyridine rings is 1. The highest BCUT2D eigenvalue weighted by atomic mass is 16.1. The molecule has 2 rings (SSSR count). The van der Waals surface area contributed by atoms with E-state index in [0.29, 0.717) is 5.56 Å². The Balaban J connectivity index is 2.19. The third-order valence-corrected chi connectivity index (χ3v) is 3.28. The van der Waals surface area contributed by atoms with Gasteiger partial charge in [0, 0.05) is 23.3 Å². The Hall–Kier alpha value is -1.58. The predicted octanol–water partition coefficient (Wildman–Crippen LogP) is 2.36. The average Bonchev–Trinajstić information content (AvgIpc) is 3.06. The minimum atomic E-state index is 0.00579. The SMILES string of the molecule is CCNc1cc(C(=O)NC2(C)CC2)cc(CC)n1. The predicted molar refractivity (Wildman–Crippen MR) is 72.9 cm³/mol. The molecule has 0 aliphatic heterocycles. The summed E-state index contributed by atoms with van der Waals surface area (Å²) in [5, 5.41) is 6.24. The minimum Gasteiger partial charge on any atom is -0.370 e. The summed E-state index contributed by atoms with van der Waals surface area (Å²) in [5.41, 5.74) is 1.66. The van der Waals surface area contributed by atoms with Gasteiger partial charge in [-0.25, -0.2) is 4.98 Å². The summed E-state index contributed by atoms with van der Waals surface area (Å²) in [6, 6.07) is 3.70. The summed E-state index contributed by atoms with van der Waals surface area (Å²) in [6.45, 7) is 6.95. The number of nitrogens with zero attached hydrogens (tertiary/aromatic N) is 1. The first-order chi connectivity index (χ1) is 8.56. The summed E-state index contributed by atoms with van der Waals surface area (Å²) in [5.74, 6) is 0.786. The highest BCUT2D eigenvalue weighted by Crippen LogP contribution is 2.34. The van der Waals surface area contributed by atoms with Gasteiger partial charge in [0.05, 0.1) is 0 Å². The number of nitrogens with one attached hydrogen (secondary N) is 2. The molecule has 1 aromatic heterocycles. The first-order valence-electron chi connectivity index (χ1n) is 6.63. The van der Waals surface area contributed by atoms with Crippen LogP contribution >= 0.6 is 0 Å². The van der Waals surface area contributed by atoms with Crippen molar-refractivity contribution < 1.29 is 4.79 Å². The molecule has 0 aromatic carbocycles. The van der Waals surface area contributed by atoms with Crippen molar-refractivity contribution in [2.24, 2.45) is 0 Å². The van der Waals surface area contributed by atoms with Crippen LogP contribution in [0.5, 0.6) is 0 Å². The van der Waals surface area contributed by atoms with Crippen molar-refractivity contribution in [3.63, 3.8) is 0 Å². The van der Waals surface area contributed by atoms with E-state index in [4.69, 9.17) is 0 Å². The van der Waals surface area contributed by atoms with E-state index in [9.17, 15) is 4.79 Å². The van der Waals surface area contributed by atoms with E-state index in [1.165, 1.54) is 0 Å². The van der Waals surface area contributed by atoms with Crippen molar-refractivity contribution in [3.8, 4) is 0 Å². The lowest BCUT2D eigenvalue weighted by Gasteiger charge is -2.13. The maximum absolute atomic E-state index is 12.2. The van der Waals surface area contributed by atoms with E-state index < -0.39 is 0 Å². The fourth-order valence-corrected chi connectivity index (χ4v) is 1.83. The van der Waals surface area contributed by atoms with Gasteiger partial charge in [0.1, 0.15) is 5.82 Å². The van der Waals surface area contributed by atoms with Crippen LogP contribution in [0, 0.1) is 0 Å². The second-order valence-electron chi connectivity index (χ2n) is 5.13. The molecule has 1 saturated carbocycles. The summed E-state index contributed by atoms with van der Waals surface area (Å²) in [4.78, 5) is 16.6. The van der Waals surface area contributed by atoms with Crippen LogP contribution in [0.4, 0.5) is 5.82 Å². The maximum Gasteiger partial charge on any atom is 0.251 e. The van der Waals surface area contributed by atoms with Gasteiger partial charge in [-0.15, -0.1) is 0 Å². The molecular weight excluding hydrogens is 226 g/mol. The molecule has 0 saturated heterocycles. The standard InChI is InChI=1S/C14H21N3O/c1-4-11-8-10(9-12(16-11)15-5-2)13(18)17-14(3)6-7-14/h8-9H,4-7H2,1-3H3,(H,15,16)(H,17,18). The van der Waals surface area contributed by atoms with Crippen LogP contribution < -0.4 is 10.6 Å². The van der Waals surface area contributed by atoms with E-state index >= 15 is 0 Å². The largest absolute Gasteiger partial charge is 0.370 e. The van der Waals surface area contributed by atoms with E-state index in [1.54, 1.807) is 0 Å². The zero-order valence-corrected chi connectivity index (χ0v) is 11.3. The fourth-order valence-electron chi connectivity index (χ4n) is 1.83. The third-order valence-electron chi connectivity index (χ3n) is 3.28. The molecule has 0 spiro atoms. The Kier molecular flexibility index (Phi) is 3.55. The van der Waals surface area contributed by atoms with Crippen molar-refractivity contribution in [1.82, 2.24) is 10.3 Å². The highest BCUT2D eigenvalue weighted by molar-refractivity contribution is 5.95. The van der Waals surface area contributed by atoms with Crippen LogP contribution in [0.1, 0.15) is 49.7 Å². The second kappa shape index (κ2) is 4.96. The molecule has 0 atom stereocenters. The molecule has 1 aromatic rings. The van der Waals surface area contributed by atoms with Crippen molar-refractivity contribution >= 4 is 11.7 Å². The molecule has 0 bridgehead atoms. The van der Waals surface area contributed by atoms with Gasteiger partial charge in [0.2, 0.25) is 0 Å². The summed E-state index contributed by atoms with van der Waals surface area (Å²) >= 11 is 0. The lowest BCUT2D eigenvalue weighted by atomic mass is 10.1. The molecule has 1 fully saturated rings. The van der Waals surface area contributed by atoms with Gasteiger partial charge in [-0.05, 0) is 45.2 Å². The first-order valence-corrected chi connectivity index (χ1v) is 6.63. The molecule has 1 heterocycles. The van der Waals surface area contributed by atoms with Gasteiger partial charge in [-0.3, -0.25) is 4.79 Å². The van der Waals surface area contributed by atoms with Crippen molar-refractivity contribution in [2.75, 3.05) is 11.9 Å². The lowest BCUT2D eigenvalue weighted by Crippen LogP contribution is -2.34. The van der Waals surface area contributed by atoms with E-state index in [1.807, 2.05) is 26.0 Å². The molecule has 2 N–H and O–H groups in total. The number of anilines is 1. The monoisotopic (exact) mass is 247 g/mol. The van der Waals surface area contributed by atoms with Gasteiger partial charge < -0.3 is 10.6 Å². The van der Waals surface area contributed by atoms with E-state index in [0.717, 1.165) is 37.3 Å². The second-order valence-corrected chi connectivity index (χ2v) is 5.13. The van der Waals surface area contributed by atoms with Crippen molar-refractivity contribution in [2.45, 2.75) is 45.6 Å². The molecule has 1 aliphatic carbocycles. The van der Waals surface area contributed by atoms with Crippen molar-refractivity contribution in [1.29, 1.82) is 0 Å². The molecule has 4 heteroatoms. The number of aryl methyl sites for hydroxylation is 1. The Bertz CT molecular complexity index is 452. The smallest absolute Gasteiger partial charge is 0.251 e. The number of rotatable bonds is 5. The summed E-state index contributed by atoms with van der Waals surface area (Å²) in [7, 11) is 0. The van der Waals surface area contributed by atoms with Crippen LogP contribution in [0.2, 0.25) is 0 Å². The quantitative estimate of drug-likeness (QED) is 0.839. The molecule has 18 heavy (non-hydrogen) atoms. The third kappa shape index (κ3) is 3.00. The zero-order chi connectivity index (χ0) is 13.2. The lowest BCUT2D eigenvalue weighted by molar-refractivity contribution is 0.0935. The Labute approximate surface area is 108 Å². The first kappa shape index (κ1) is 12.9. The van der Waals surface area contributed by atoms with Crippen LogP contribution in [-0.4, -0.2) is 23.0 Å². The van der Waals surface area contributed by atoms with Gasteiger partial charge in [-0.2, -0.15) is 0 Å². The van der Waals surface area contributed by atoms with Crippen molar-refractivity contribution in [3.05, 3.63) is 23.4 Å². The molecule has 0 unspecified atom stereocenters. The molecule has 4 nitrogen and oxygen atoms in total. The van der Waals surface area contributed by atoms with Gasteiger partial charge >= 0.3 is 0 Å². The number of hydrogen-bond acceptors (Lipinski definition) is 3. The maximum atomic E-state index is 12.2. The Morgan fingerprint density at radius 3 is 2.67 bits per heavy atom. The van der Waals surface area contributed by atoms with Gasteiger partial charge in [-0.1, -0.05) is 6.92 Å². The molecule has 1 amide bonds. The molecular formula is C14H21N3O. The van der Waals surface area contributed by atoms with Crippen LogP contribution in [0.15, 0.2) is 12.1 Å². The van der Waals surface area contributed by atoms with Gasteiger partial charge in [0.15, 0.2) is 0 Å². The van der Waals surface area contributed by atoms with Crippen LogP contribution in [0.25, 0.3) is 0 Å². The zero-order valence-electron chi connectivity index (χ0n) is 11.3. The Morgan fingerprint density at radius 1 is 1.39 bits per heavy atom. The highest BCUT2D eigenvalue weighted by Gasteiger charge is 2.38. The van der Waals surface area contributed by atoms with Crippen LogP contribution in [0.3, 0.4) is 0 Å². The normalized spacial score (nSPS) is 16.2.